The maximum absolute atomic E-state index is 10.4. The van der Waals surface area contributed by atoms with Crippen molar-refractivity contribution < 1.29 is 74.2 Å². The first-order valence-corrected chi connectivity index (χ1v) is 36.4. The van der Waals surface area contributed by atoms with E-state index < -0.39 is 55.7 Å². The third-order valence-corrected chi connectivity index (χ3v) is 24.5. The number of carboxylic acids is 2. The largest absolute Gasteiger partial charge is 1.00 e. The molecule has 2 atom stereocenters. The van der Waals surface area contributed by atoms with E-state index in [0.29, 0.717) is 25.7 Å². The van der Waals surface area contributed by atoms with Crippen LogP contribution in [0.15, 0.2) is 364 Å². The van der Waals surface area contributed by atoms with Crippen LogP contribution in [0.25, 0.3) is 0 Å². The van der Waals surface area contributed by atoms with Gasteiger partial charge in [0.25, 0.3) is 0 Å². The molecule has 8 nitrogen and oxygen atoms in total. The zero-order valence-corrected chi connectivity index (χ0v) is 59.0. The van der Waals surface area contributed by atoms with Gasteiger partial charge >= 0.3 is 44.8 Å². The molecule has 488 valence electrons. The summed E-state index contributed by atoms with van der Waals surface area (Å²) in [5, 5.41) is 41.3. The molecule has 14 heteroatoms. The number of hydrogen-bond donors (Lipinski definition) is 2. The van der Waals surface area contributed by atoms with Crippen molar-refractivity contribution in [2.24, 2.45) is 0 Å². The topological polar surface area (TPSA) is 138 Å². The summed E-state index contributed by atoms with van der Waals surface area (Å²) in [7, 11) is -1.78. The molecule has 14 rings (SSSR count). The molecule has 2 N–H and O–H groups in total. The molecule has 2 aliphatic rings. The van der Waals surface area contributed by atoms with Crippen molar-refractivity contribution in [3.8, 4) is 0 Å². The molecule has 12 aromatic rings. The molecule has 0 bridgehead atoms. The van der Waals surface area contributed by atoms with Gasteiger partial charge in [0.1, 0.15) is 0 Å². The second-order valence-corrected chi connectivity index (χ2v) is 30.2. The predicted molar refractivity (Wildman–Crippen MR) is 393 cm³/mol. The molecule has 12 aromatic carbocycles. The molecule has 0 aliphatic carbocycles. The van der Waals surface area contributed by atoms with Crippen molar-refractivity contribution >= 4 is 119 Å². The second kappa shape index (κ2) is 41.6. The Bertz CT molecular complexity index is 3260. The molecule has 96 heavy (non-hydrogen) atoms. The molecule has 0 spiro atoms. The van der Waals surface area contributed by atoms with Crippen molar-refractivity contribution in [2.45, 2.75) is 37.8 Å². The average molecular weight is 1520 g/mol. The van der Waals surface area contributed by atoms with Gasteiger partial charge in [0, 0.05) is 12.8 Å². The summed E-state index contributed by atoms with van der Waals surface area (Å²) in [5.41, 5.74) is 0. The molecule has 0 saturated carbocycles. The number of rotatable bonds is 14. The first-order chi connectivity index (χ1) is 46.2. The van der Waals surface area contributed by atoms with Gasteiger partial charge in [0.05, 0.1) is 24.0 Å². The molecule has 2 heterocycles. The van der Waals surface area contributed by atoms with E-state index >= 15 is 0 Å². The van der Waals surface area contributed by atoms with Gasteiger partial charge in [-0.1, -0.05) is 364 Å². The fourth-order valence-corrected chi connectivity index (χ4v) is 19.5. The van der Waals surface area contributed by atoms with Gasteiger partial charge < -0.3 is 30.4 Å². The summed E-state index contributed by atoms with van der Waals surface area (Å²) < 4.78 is 0. The van der Waals surface area contributed by atoms with E-state index in [2.05, 4.69) is 375 Å². The van der Waals surface area contributed by atoms with Gasteiger partial charge in [-0.3, -0.25) is 9.59 Å². The number of carbonyl (C=O) groups excluding carboxylic acids is 4. The molecule has 2 unspecified atom stereocenters. The Morgan fingerprint density at radius 1 is 0.240 bits per heavy atom. The molecular weight excluding hydrogens is 1450 g/mol. The molecular formula is C82H72Ag2N2O6P4. The summed E-state index contributed by atoms with van der Waals surface area (Å²) >= 11 is 0. The van der Waals surface area contributed by atoms with E-state index in [1.54, 1.807) is 0 Å². The van der Waals surface area contributed by atoms with Crippen LogP contribution in [0.5, 0.6) is 0 Å². The van der Waals surface area contributed by atoms with Crippen LogP contribution in [-0.4, -0.2) is 35.8 Å². The maximum Gasteiger partial charge on any atom is 1.00 e. The Labute approximate surface area is 600 Å². The third-order valence-electron chi connectivity index (χ3n) is 14.7. The van der Waals surface area contributed by atoms with Gasteiger partial charge in [-0.05, 0) is 108 Å². The maximum atomic E-state index is 10.4. The number of aliphatic carboxylic acids is 2. The fraction of sp³-hybridized carbons (Fsp3) is 0.0732. The van der Waals surface area contributed by atoms with Gasteiger partial charge in [-0.25, -0.2) is 0 Å². The minimum Gasteiger partial charge on any atom is -0.548 e. The number of carbonyl (C=O) groups is 4. The normalized spacial score (nSPS) is 13.2. The summed E-state index contributed by atoms with van der Waals surface area (Å²) in [4.78, 5) is 40.8. The van der Waals surface area contributed by atoms with Gasteiger partial charge in [-0.15, -0.1) is 0 Å². The van der Waals surface area contributed by atoms with Crippen LogP contribution in [0.2, 0.25) is 0 Å². The van der Waals surface area contributed by atoms with Crippen LogP contribution in [0.1, 0.15) is 25.7 Å². The van der Waals surface area contributed by atoms with E-state index in [-0.39, 0.29) is 56.6 Å². The van der Waals surface area contributed by atoms with Crippen LogP contribution in [0, 0.1) is 0 Å². The van der Waals surface area contributed by atoms with Crippen molar-refractivity contribution in [3.63, 3.8) is 0 Å². The Hall–Kier alpha value is -8.28. The number of nitrogens with one attached hydrogen (secondary N) is 2. The van der Waals surface area contributed by atoms with Crippen LogP contribution in [0.4, 0.5) is 0 Å². The summed E-state index contributed by atoms with van der Waals surface area (Å²) in [6, 6.07) is 128. The van der Waals surface area contributed by atoms with Crippen molar-refractivity contribution in [3.05, 3.63) is 364 Å². The first kappa shape index (κ1) is 75.1. The minimum absolute atomic E-state index is 0. The smallest absolute Gasteiger partial charge is 0.548 e. The number of carboxylic acid groups (broad SMARTS) is 2. The zero-order chi connectivity index (χ0) is 65.4. The number of hydrogen-bond acceptors (Lipinski definition) is 6. The van der Waals surface area contributed by atoms with E-state index in [0.717, 1.165) is 0 Å². The molecule has 2 aliphatic heterocycles. The van der Waals surface area contributed by atoms with Crippen LogP contribution < -0.4 is 84.5 Å². The van der Waals surface area contributed by atoms with E-state index in [1.807, 2.05) is 0 Å². The van der Waals surface area contributed by atoms with Crippen molar-refractivity contribution in [2.75, 3.05) is 0 Å². The van der Waals surface area contributed by atoms with Gasteiger partial charge in [0.2, 0.25) is 11.8 Å². The van der Waals surface area contributed by atoms with Crippen LogP contribution >= 0.6 is 31.7 Å². The first-order valence-electron chi connectivity index (χ1n) is 31.0. The number of amides is 2. The van der Waals surface area contributed by atoms with Crippen molar-refractivity contribution in [1.82, 2.24) is 10.6 Å². The Morgan fingerprint density at radius 2 is 0.354 bits per heavy atom. The fourth-order valence-electron chi connectivity index (χ4n) is 10.3. The second-order valence-electron chi connectivity index (χ2n) is 21.3. The summed E-state index contributed by atoms with van der Waals surface area (Å²) in [6.07, 6.45) is 1.33. The van der Waals surface area contributed by atoms with Crippen LogP contribution in [0.3, 0.4) is 0 Å². The quantitative estimate of drug-likeness (QED) is 0.0822. The minimum atomic E-state index is -1.19. The van der Waals surface area contributed by atoms with Crippen LogP contribution in [-0.2, 0) is 63.9 Å². The number of benzene rings is 12. The van der Waals surface area contributed by atoms with E-state index in [4.69, 9.17) is 0 Å². The monoisotopic (exact) mass is 1520 g/mol. The summed E-state index contributed by atoms with van der Waals surface area (Å²) in [6.45, 7) is 0. The molecule has 2 amide bonds. The van der Waals surface area contributed by atoms with E-state index in [1.165, 1.54) is 63.7 Å². The van der Waals surface area contributed by atoms with Gasteiger partial charge in [-0.2, -0.15) is 0 Å². The predicted octanol–water partition coefficient (Wildman–Crippen LogP) is 9.80. The summed E-state index contributed by atoms with van der Waals surface area (Å²) in [5.74, 6) is -2.80. The third kappa shape index (κ3) is 23.5. The SMILES string of the molecule is O=C1CCC(C(=O)[O-])N1.O=C1CCC(C(=O)[O-])N1.[Ag+].[Ag+].c1ccc(P(c2ccccc2)c2ccccc2)cc1.c1ccc(P(c2ccccc2)c2ccccc2)cc1.c1ccc(P(c2ccccc2)c2ccccc2)cc1.c1ccc(P(c2ccccc2)c2ccccc2)cc1. The molecule has 0 aromatic heterocycles. The average Bonchev–Trinajstić information content (AvgIpc) is 1.05. The van der Waals surface area contributed by atoms with E-state index in [9.17, 15) is 29.4 Å². The van der Waals surface area contributed by atoms with Gasteiger partial charge in [0.15, 0.2) is 0 Å². The molecule has 2 saturated heterocycles. The Morgan fingerprint density at radius 3 is 0.427 bits per heavy atom. The Balaban J connectivity index is 0.000000165. The molecule has 2 fully saturated rings. The Kier molecular flexibility index (Phi) is 32.6. The molecule has 0 radical (unpaired) electrons. The standard InChI is InChI=1S/4C18H15P.2C5H7NO3.2Ag/c4*1-4-10-16(11-5-1)19(17-12-6-2-7-13-17)18-14-8-3-9-15-18;2*7-4-2-1-3(6-4)5(8)9;;/h4*1-15H;2*3H,1-2H2,(H,6,7)(H,8,9);;/q;;;;;;2*+1/p-2. The zero-order valence-electron chi connectivity index (χ0n) is 52.5. The van der Waals surface area contributed by atoms with Crippen molar-refractivity contribution in [1.29, 1.82) is 0 Å².